The SMILES string of the molecule is CCC=CCC=CCC=CCCCCCCCC(=O)OC(C)OS(=O)(=O)c1ccc(C)cc1. The molecule has 0 aromatic heterocycles. The first kappa shape index (κ1) is 28.9. The van der Waals surface area contributed by atoms with Crippen molar-refractivity contribution in [3.8, 4) is 0 Å². The summed E-state index contributed by atoms with van der Waals surface area (Å²) in [4.78, 5) is 12.0. The van der Waals surface area contributed by atoms with Gasteiger partial charge in [-0.1, -0.05) is 80.3 Å². The minimum Gasteiger partial charge on any atom is -0.435 e. The molecule has 0 saturated heterocycles. The number of rotatable bonds is 17. The largest absolute Gasteiger partial charge is 0.435 e. The number of ether oxygens (including phenoxy) is 1. The molecule has 0 aliphatic rings. The monoisotopic (exact) mass is 476 g/mol. The molecule has 0 saturated carbocycles. The highest BCUT2D eigenvalue weighted by Crippen LogP contribution is 2.16. The van der Waals surface area contributed by atoms with E-state index in [0.29, 0.717) is 0 Å². The van der Waals surface area contributed by atoms with Gasteiger partial charge in [-0.2, -0.15) is 8.42 Å². The lowest BCUT2D eigenvalue weighted by atomic mass is 10.1. The third-order valence-corrected chi connectivity index (χ3v) is 6.27. The molecule has 33 heavy (non-hydrogen) atoms. The van der Waals surface area contributed by atoms with Gasteiger partial charge in [0.15, 0.2) is 0 Å². The third-order valence-electron chi connectivity index (χ3n) is 4.90. The molecular formula is C27H40O5S. The lowest BCUT2D eigenvalue weighted by Crippen LogP contribution is -2.22. The second-order valence-corrected chi connectivity index (χ2v) is 9.59. The fourth-order valence-corrected chi connectivity index (χ4v) is 4.07. The zero-order chi connectivity index (χ0) is 24.4. The van der Waals surface area contributed by atoms with E-state index in [1.165, 1.54) is 19.1 Å². The number of allylic oxidation sites excluding steroid dienone is 6. The van der Waals surface area contributed by atoms with Crippen LogP contribution in [0.2, 0.25) is 0 Å². The summed E-state index contributed by atoms with van der Waals surface area (Å²) in [6.45, 7) is 5.42. The first-order valence-corrected chi connectivity index (χ1v) is 13.4. The normalized spacial score (nSPS) is 13.3. The summed E-state index contributed by atoms with van der Waals surface area (Å²) in [7, 11) is -3.96. The molecular weight excluding hydrogens is 436 g/mol. The Morgan fingerprint density at radius 2 is 1.45 bits per heavy atom. The molecule has 0 aliphatic heterocycles. The second-order valence-electron chi connectivity index (χ2n) is 8.02. The van der Waals surface area contributed by atoms with Gasteiger partial charge in [0.1, 0.15) is 0 Å². The maximum absolute atomic E-state index is 12.2. The number of esters is 1. The van der Waals surface area contributed by atoms with Crippen LogP contribution in [0.15, 0.2) is 65.6 Å². The van der Waals surface area contributed by atoms with Crippen LogP contribution < -0.4 is 0 Å². The molecule has 0 spiro atoms. The third kappa shape index (κ3) is 14.6. The standard InChI is InChI=1S/C27H40O5S/c1-4-5-6-7-8-9-10-11-12-13-14-15-16-17-18-19-27(28)31-25(3)32-33(29,30)26-22-20-24(2)21-23-26/h5-6,8-9,11-12,20-23,25H,4,7,10,13-19H2,1-3H3. The quantitative estimate of drug-likeness (QED) is 0.0783. The molecule has 0 aliphatic carbocycles. The summed E-state index contributed by atoms with van der Waals surface area (Å²) in [6.07, 6.45) is 21.5. The fourth-order valence-electron chi connectivity index (χ4n) is 3.09. The molecule has 1 unspecified atom stereocenters. The molecule has 0 heterocycles. The van der Waals surface area contributed by atoms with E-state index in [0.717, 1.165) is 63.4 Å². The fraction of sp³-hybridized carbons (Fsp3) is 0.519. The van der Waals surface area contributed by atoms with E-state index < -0.39 is 22.4 Å². The van der Waals surface area contributed by atoms with Gasteiger partial charge in [-0.15, -0.1) is 0 Å². The lowest BCUT2D eigenvalue weighted by molar-refractivity contribution is -0.160. The molecule has 0 N–H and O–H groups in total. The van der Waals surface area contributed by atoms with Gasteiger partial charge < -0.3 is 4.74 Å². The number of benzene rings is 1. The number of unbranched alkanes of at least 4 members (excludes halogenated alkanes) is 5. The summed E-state index contributed by atoms with van der Waals surface area (Å²) in [5, 5.41) is 0. The number of aryl methyl sites for hydroxylation is 1. The van der Waals surface area contributed by atoms with E-state index in [2.05, 4.69) is 43.4 Å². The highest BCUT2D eigenvalue weighted by Gasteiger charge is 2.21. The van der Waals surface area contributed by atoms with E-state index in [9.17, 15) is 13.2 Å². The van der Waals surface area contributed by atoms with Gasteiger partial charge in [0.25, 0.3) is 10.1 Å². The zero-order valence-electron chi connectivity index (χ0n) is 20.4. The van der Waals surface area contributed by atoms with Crippen molar-refractivity contribution in [1.82, 2.24) is 0 Å². The van der Waals surface area contributed by atoms with E-state index in [1.807, 2.05) is 6.92 Å². The predicted octanol–water partition coefficient (Wildman–Crippen LogP) is 7.18. The Labute approximate surface area is 200 Å². The van der Waals surface area contributed by atoms with Crippen molar-refractivity contribution < 1.29 is 22.1 Å². The zero-order valence-corrected chi connectivity index (χ0v) is 21.2. The van der Waals surface area contributed by atoms with Gasteiger partial charge >= 0.3 is 5.97 Å². The van der Waals surface area contributed by atoms with Crippen LogP contribution >= 0.6 is 0 Å². The van der Waals surface area contributed by atoms with Gasteiger partial charge in [-0.25, -0.2) is 4.18 Å². The van der Waals surface area contributed by atoms with E-state index in [4.69, 9.17) is 8.92 Å². The number of hydrogen-bond acceptors (Lipinski definition) is 5. The Kier molecular flexibility index (Phi) is 15.1. The van der Waals surface area contributed by atoms with E-state index >= 15 is 0 Å². The van der Waals surface area contributed by atoms with Gasteiger partial charge in [0.05, 0.1) is 4.90 Å². The second kappa shape index (κ2) is 17.3. The summed E-state index contributed by atoms with van der Waals surface area (Å²) in [5.74, 6) is -0.442. The first-order chi connectivity index (χ1) is 15.8. The summed E-state index contributed by atoms with van der Waals surface area (Å²) in [6, 6.07) is 6.32. The van der Waals surface area contributed by atoms with Crippen molar-refractivity contribution in [2.45, 2.75) is 96.2 Å². The van der Waals surface area contributed by atoms with Crippen molar-refractivity contribution in [2.75, 3.05) is 0 Å². The van der Waals surface area contributed by atoms with Gasteiger partial charge in [0.2, 0.25) is 6.29 Å². The average molecular weight is 477 g/mol. The highest BCUT2D eigenvalue weighted by atomic mass is 32.2. The van der Waals surface area contributed by atoms with E-state index in [1.54, 1.807) is 12.1 Å². The molecule has 5 nitrogen and oxygen atoms in total. The maximum Gasteiger partial charge on any atom is 0.308 e. The summed E-state index contributed by atoms with van der Waals surface area (Å²) in [5.41, 5.74) is 0.948. The molecule has 0 amide bonds. The van der Waals surface area contributed by atoms with Crippen LogP contribution in [-0.4, -0.2) is 20.7 Å². The van der Waals surface area contributed by atoms with Crippen LogP contribution in [0.4, 0.5) is 0 Å². The topological polar surface area (TPSA) is 69.7 Å². The van der Waals surface area contributed by atoms with Crippen molar-refractivity contribution in [3.63, 3.8) is 0 Å². The van der Waals surface area contributed by atoms with Crippen LogP contribution in [-0.2, 0) is 23.8 Å². The van der Waals surface area contributed by atoms with Crippen LogP contribution in [0.3, 0.4) is 0 Å². The smallest absolute Gasteiger partial charge is 0.308 e. The maximum atomic E-state index is 12.2. The Bertz CT molecular complexity index is 851. The lowest BCUT2D eigenvalue weighted by Gasteiger charge is -2.14. The molecule has 1 atom stereocenters. The van der Waals surface area contributed by atoms with Crippen molar-refractivity contribution in [3.05, 3.63) is 66.3 Å². The van der Waals surface area contributed by atoms with Crippen LogP contribution in [0.5, 0.6) is 0 Å². The van der Waals surface area contributed by atoms with Gasteiger partial charge in [-0.05, 0) is 64.5 Å². The number of hydrogen-bond donors (Lipinski definition) is 0. The van der Waals surface area contributed by atoms with Crippen molar-refractivity contribution in [2.24, 2.45) is 0 Å². The van der Waals surface area contributed by atoms with Crippen LogP contribution in [0.25, 0.3) is 0 Å². The van der Waals surface area contributed by atoms with Crippen LogP contribution in [0.1, 0.15) is 83.6 Å². The van der Waals surface area contributed by atoms with Crippen molar-refractivity contribution >= 4 is 16.1 Å². The molecule has 1 rings (SSSR count). The molecule has 184 valence electrons. The van der Waals surface area contributed by atoms with Crippen LogP contribution in [0, 0.1) is 6.92 Å². The Morgan fingerprint density at radius 1 is 0.879 bits per heavy atom. The Hall–Kier alpha value is -2.18. The molecule has 1 aromatic carbocycles. The molecule has 1 aromatic rings. The molecule has 0 radical (unpaired) electrons. The molecule has 0 bridgehead atoms. The predicted molar refractivity (Wildman–Crippen MR) is 134 cm³/mol. The van der Waals surface area contributed by atoms with E-state index in [-0.39, 0.29) is 11.3 Å². The minimum atomic E-state index is -3.96. The minimum absolute atomic E-state index is 0.0437. The van der Waals surface area contributed by atoms with Crippen molar-refractivity contribution in [1.29, 1.82) is 0 Å². The average Bonchev–Trinajstić information content (AvgIpc) is 2.76. The molecule has 6 heteroatoms. The van der Waals surface area contributed by atoms with Gasteiger partial charge in [-0.3, -0.25) is 4.79 Å². The molecule has 0 fully saturated rings. The number of carbonyl (C=O) groups is 1. The Balaban J connectivity index is 2.08. The highest BCUT2D eigenvalue weighted by molar-refractivity contribution is 7.86. The first-order valence-electron chi connectivity index (χ1n) is 12.0. The summed E-state index contributed by atoms with van der Waals surface area (Å²) < 4.78 is 34.5. The number of carbonyl (C=O) groups excluding carboxylic acids is 1. The Morgan fingerprint density at radius 3 is 2.12 bits per heavy atom. The van der Waals surface area contributed by atoms with Gasteiger partial charge in [0, 0.05) is 6.42 Å². The summed E-state index contributed by atoms with van der Waals surface area (Å²) >= 11 is 0.